The molecule has 0 saturated heterocycles. The number of rotatable bonds is 2. The molecule has 0 aliphatic carbocycles. The molecule has 0 aliphatic heterocycles. The van der Waals surface area contributed by atoms with E-state index >= 15 is 0 Å². The number of pyridine rings is 1. The molecule has 0 amide bonds. The van der Waals surface area contributed by atoms with Crippen molar-refractivity contribution in [2.75, 3.05) is 0 Å². The van der Waals surface area contributed by atoms with Gasteiger partial charge >= 0.3 is 12.1 Å². The first kappa shape index (κ1) is 15.8. The van der Waals surface area contributed by atoms with Gasteiger partial charge in [-0.25, -0.2) is 4.79 Å². The van der Waals surface area contributed by atoms with Crippen molar-refractivity contribution in [3.05, 3.63) is 76.2 Å². The Labute approximate surface area is 133 Å². The highest BCUT2D eigenvalue weighted by atomic mass is 19.4. The third-order valence-electron chi connectivity index (χ3n) is 3.61. The van der Waals surface area contributed by atoms with Crippen LogP contribution in [0.15, 0.2) is 59.5 Å². The van der Waals surface area contributed by atoms with Crippen molar-refractivity contribution in [2.45, 2.75) is 6.18 Å². The molecule has 2 aromatic carbocycles. The molecule has 0 spiro atoms. The largest absolute Gasteiger partial charge is 0.478 e. The number of aromatic nitrogens is 1. The van der Waals surface area contributed by atoms with Crippen LogP contribution in [-0.4, -0.2) is 15.6 Å². The van der Waals surface area contributed by atoms with Gasteiger partial charge in [0.15, 0.2) is 0 Å². The van der Waals surface area contributed by atoms with Gasteiger partial charge in [-0.15, -0.1) is 0 Å². The van der Waals surface area contributed by atoms with Gasteiger partial charge in [0, 0.05) is 22.7 Å². The zero-order chi connectivity index (χ0) is 17.5. The van der Waals surface area contributed by atoms with Gasteiger partial charge in [0.2, 0.25) is 0 Å². The van der Waals surface area contributed by atoms with E-state index in [-0.39, 0.29) is 22.0 Å². The van der Waals surface area contributed by atoms with Crippen molar-refractivity contribution in [1.29, 1.82) is 0 Å². The molecule has 0 fully saturated rings. The molecule has 0 saturated carbocycles. The minimum atomic E-state index is -4.56. The highest BCUT2D eigenvalue weighted by molar-refractivity contribution is 6.03. The lowest BCUT2D eigenvalue weighted by molar-refractivity contribution is -0.137. The van der Waals surface area contributed by atoms with Crippen molar-refractivity contribution >= 4 is 16.7 Å². The van der Waals surface area contributed by atoms with Gasteiger partial charge < -0.3 is 5.11 Å². The van der Waals surface area contributed by atoms with Crippen molar-refractivity contribution in [3.8, 4) is 5.69 Å². The Morgan fingerprint density at radius 3 is 2.29 bits per heavy atom. The maximum atomic E-state index is 12.9. The zero-order valence-electron chi connectivity index (χ0n) is 12.0. The lowest BCUT2D eigenvalue weighted by Gasteiger charge is -2.12. The molecule has 0 radical (unpaired) electrons. The average molecular weight is 333 g/mol. The number of hydrogen-bond acceptors (Lipinski definition) is 2. The first-order valence-electron chi connectivity index (χ1n) is 6.84. The molecule has 4 nitrogen and oxygen atoms in total. The average Bonchev–Trinajstić information content (AvgIpc) is 2.54. The summed E-state index contributed by atoms with van der Waals surface area (Å²) < 4.78 is 39.5. The molecule has 122 valence electrons. The Bertz CT molecular complexity index is 1010. The number of benzene rings is 2. The number of carboxylic acid groups (broad SMARTS) is 1. The number of halogens is 3. The Balaban J connectivity index is 2.34. The number of alkyl halides is 3. The van der Waals surface area contributed by atoms with E-state index in [4.69, 9.17) is 0 Å². The van der Waals surface area contributed by atoms with E-state index in [1.165, 1.54) is 24.3 Å². The van der Waals surface area contributed by atoms with E-state index in [9.17, 15) is 27.9 Å². The van der Waals surface area contributed by atoms with E-state index in [1.807, 2.05) is 0 Å². The molecule has 0 bridgehead atoms. The predicted molar refractivity (Wildman–Crippen MR) is 81.5 cm³/mol. The molecule has 0 atom stereocenters. The Morgan fingerprint density at radius 1 is 1.00 bits per heavy atom. The van der Waals surface area contributed by atoms with Gasteiger partial charge in [0.05, 0.1) is 11.1 Å². The van der Waals surface area contributed by atoms with Gasteiger partial charge in [0.1, 0.15) is 0 Å². The normalized spacial score (nSPS) is 11.6. The molecule has 1 N–H and O–H groups in total. The maximum Gasteiger partial charge on any atom is 0.416 e. The number of carbonyl (C=O) groups is 1. The molecule has 24 heavy (non-hydrogen) atoms. The smallest absolute Gasteiger partial charge is 0.416 e. The summed E-state index contributed by atoms with van der Waals surface area (Å²) in [6, 6.07) is 10.2. The summed E-state index contributed by atoms with van der Waals surface area (Å²) in [7, 11) is 0. The summed E-state index contributed by atoms with van der Waals surface area (Å²) in [5, 5.41) is 9.69. The lowest BCUT2D eigenvalue weighted by Crippen LogP contribution is -2.21. The van der Waals surface area contributed by atoms with Gasteiger partial charge in [0.25, 0.3) is 5.56 Å². The molecule has 1 heterocycles. The summed E-state index contributed by atoms with van der Waals surface area (Å²) in [4.78, 5) is 24.0. The van der Waals surface area contributed by atoms with E-state index in [0.717, 1.165) is 22.9 Å². The van der Waals surface area contributed by atoms with Crippen molar-refractivity contribution < 1.29 is 23.1 Å². The number of hydrogen-bond donors (Lipinski definition) is 1. The van der Waals surface area contributed by atoms with Gasteiger partial charge in [-0.1, -0.05) is 24.3 Å². The minimum Gasteiger partial charge on any atom is -0.478 e. The Morgan fingerprint density at radius 2 is 1.67 bits per heavy atom. The SMILES string of the molecule is O=C(O)c1cn(-c2cccc(C(F)(F)F)c2)c(=O)c2ccccc12. The van der Waals surface area contributed by atoms with Crippen molar-refractivity contribution in [1.82, 2.24) is 4.57 Å². The molecule has 0 unspecified atom stereocenters. The quantitative estimate of drug-likeness (QED) is 0.778. The molecule has 1 aromatic heterocycles. The fraction of sp³-hybridized carbons (Fsp3) is 0.0588. The fourth-order valence-electron chi connectivity index (χ4n) is 2.49. The summed E-state index contributed by atoms with van der Waals surface area (Å²) in [6.45, 7) is 0. The number of nitrogens with zero attached hydrogens (tertiary/aromatic N) is 1. The summed E-state index contributed by atoms with van der Waals surface area (Å²) >= 11 is 0. The summed E-state index contributed by atoms with van der Waals surface area (Å²) in [5.74, 6) is -1.27. The third kappa shape index (κ3) is 2.64. The molecular formula is C17H10F3NO3. The monoisotopic (exact) mass is 333 g/mol. The maximum absolute atomic E-state index is 12.9. The molecule has 3 rings (SSSR count). The van der Waals surface area contributed by atoms with E-state index < -0.39 is 23.3 Å². The second kappa shape index (κ2) is 5.52. The van der Waals surface area contributed by atoms with E-state index in [2.05, 4.69) is 0 Å². The number of fused-ring (bicyclic) bond motifs is 1. The summed E-state index contributed by atoms with van der Waals surface area (Å²) in [5.41, 5.74) is -1.72. The van der Waals surface area contributed by atoms with Crippen LogP contribution in [0, 0.1) is 0 Å². The number of aromatic carboxylic acids is 1. The highest BCUT2D eigenvalue weighted by Gasteiger charge is 2.30. The standard InChI is InChI=1S/C17H10F3NO3/c18-17(19,20)10-4-3-5-11(8-10)21-9-14(16(23)24)12-6-1-2-7-13(12)15(21)22/h1-9H,(H,23,24). The first-order chi connectivity index (χ1) is 11.3. The van der Waals surface area contributed by atoms with Gasteiger partial charge in [-0.05, 0) is 24.3 Å². The molecular weight excluding hydrogens is 323 g/mol. The molecule has 7 heteroatoms. The van der Waals surface area contributed by atoms with Crippen LogP contribution in [-0.2, 0) is 6.18 Å². The Kier molecular flexibility index (Phi) is 3.63. The molecule has 3 aromatic rings. The van der Waals surface area contributed by atoms with Crippen LogP contribution in [0.5, 0.6) is 0 Å². The zero-order valence-corrected chi connectivity index (χ0v) is 12.0. The second-order valence-electron chi connectivity index (χ2n) is 5.12. The van der Waals surface area contributed by atoms with Crippen LogP contribution in [0.2, 0.25) is 0 Å². The number of carboxylic acids is 1. The topological polar surface area (TPSA) is 59.3 Å². The van der Waals surface area contributed by atoms with E-state index in [1.54, 1.807) is 12.1 Å². The highest BCUT2D eigenvalue weighted by Crippen LogP contribution is 2.30. The molecule has 0 aliphatic rings. The van der Waals surface area contributed by atoms with Crippen LogP contribution in [0.4, 0.5) is 13.2 Å². The Hall–Kier alpha value is -3.09. The van der Waals surface area contributed by atoms with Crippen LogP contribution in [0.1, 0.15) is 15.9 Å². The van der Waals surface area contributed by atoms with Crippen molar-refractivity contribution in [3.63, 3.8) is 0 Å². The first-order valence-corrected chi connectivity index (χ1v) is 6.84. The fourth-order valence-corrected chi connectivity index (χ4v) is 2.49. The van der Waals surface area contributed by atoms with Crippen LogP contribution < -0.4 is 5.56 Å². The summed E-state index contributed by atoms with van der Waals surface area (Å²) in [6.07, 6.45) is -3.52. The predicted octanol–water partition coefficient (Wildman–Crippen LogP) is 3.71. The third-order valence-corrected chi connectivity index (χ3v) is 3.61. The van der Waals surface area contributed by atoms with Gasteiger partial charge in [-0.2, -0.15) is 13.2 Å². The van der Waals surface area contributed by atoms with Crippen LogP contribution in [0.3, 0.4) is 0 Å². The van der Waals surface area contributed by atoms with Crippen LogP contribution >= 0.6 is 0 Å². The van der Waals surface area contributed by atoms with Gasteiger partial charge in [-0.3, -0.25) is 9.36 Å². The van der Waals surface area contributed by atoms with Crippen LogP contribution in [0.25, 0.3) is 16.5 Å². The lowest BCUT2D eigenvalue weighted by atomic mass is 10.1. The second-order valence-corrected chi connectivity index (χ2v) is 5.12. The van der Waals surface area contributed by atoms with E-state index in [0.29, 0.717) is 0 Å². The minimum absolute atomic E-state index is 0.0527. The van der Waals surface area contributed by atoms with Crippen molar-refractivity contribution in [2.24, 2.45) is 0 Å².